The van der Waals surface area contributed by atoms with E-state index in [0.717, 1.165) is 19.3 Å². The van der Waals surface area contributed by atoms with E-state index in [0.29, 0.717) is 12.2 Å². The van der Waals surface area contributed by atoms with Crippen molar-refractivity contribution in [2.24, 2.45) is 5.14 Å². The van der Waals surface area contributed by atoms with E-state index in [1.165, 1.54) is 12.3 Å². The first-order valence-corrected chi connectivity index (χ1v) is 8.89. The fourth-order valence-corrected chi connectivity index (χ4v) is 3.60. The van der Waals surface area contributed by atoms with Crippen LogP contribution in [0.2, 0.25) is 0 Å². The maximum absolute atomic E-state index is 12.8. The van der Waals surface area contributed by atoms with Gasteiger partial charge in [0.15, 0.2) is 0 Å². The standard InChI is InChI=1S/C14H23N3O3S/c1-4-11-7-6-10(3)17(11)14(18)13-8-12(21(15,19)20)9-16(13)5-2/h8-11H,4-7H2,1-3H3,(H2,15,19,20). The molecule has 118 valence electrons. The lowest BCUT2D eigenvalue weighted by Gasteiger charge is -2.28. The smallest absolute Gasteiger partial charge is 0.271 e. The third kappa shape index (κ3) is 2.98. The van der Waals surface area contributed by atoms with E-state index in [1.54, 1.807) is 4.57 Å². The highest BCUT2D eigenvalue weighted by Crippen LogP contribution is 2.28. The van der Waals surface area contributed by atoms with E-state index >= 15 is 0 Å². The summed E-state index contributed by atoms with van der Waals surface area (Å²) in [7, 11) is -3.80. The van der Waals surface area contributed by atoms with Gasteiger partial charge in [0.2, 0.25) is 10.0 Å². The second-order valence-electron chi connectivity index (χ2n) is 5.59. The largest absolute Gasteiger partial charge is 0.342 e. The van der Waals surface area contributed by atoms with E-state index in [9.17, 15) is 13.2 Å². The van der Waals surface area contributed by atoms with Crippen LogP contribution in [-0.2, 0) is 16.6 Å². The van der Waals surface area contributed by atoms with Gasteiger partial charge in [-0.1, -0.05) is 6.92 Å². The molecule has 1 aromatic heterocycles. The van der Waals surface area contributed by atoms with Crippen molar-refractivity contribution in [2.45, 2.75) is 63.6 Å². The molecular weight excluding hydrogens is 290 g/mol. The fraction of sp³-hybridized carbons (Fsp3) is 0.643. The molecule has 2 rings (SSSR count). The summed E-state index contributed by atoms with van der Waals surface area (Å²) < 4.78 is 24.6. The van der Waals surface area contributed by atoms with Crippen molar-refractivity contribution in [1.29, 1.82) is 0 Å². The molecular formula is C14H23N3O3S. The summed E-state index contributed by atoms with van der Waals surface area (Å²) in [5.74, 6) is -0.108. The van der Waals surface area contributed by atoms with Gasteiger partial charge in [0, 0.05) is 24.8 Å². The van der Waals surface area contributed by atoms with Gasteiger partial charge in [-0.05, 0) is 39.2 Å². The molecule has 1 amide bonds. The van der Waals surface area contributed by atoms with Crippen LogP contribution in [0.1, 0.15) is 50.5 Å². The van der Waals surface area contributed by atoms with Crippen molar-refractivity contribution in [3.8, 4) is 0 Å². The molecule has 1 aromatic rings. The topological polar surface area (TPSA) is 85.4 Å². The van der Waals surface area contributed by atoms with E-state index in [1.807, 2.05) is 18.7 Å². The van der Waals surface area contributed by atoms with E-state index in [4.69, 9.17) is 5.14 Å². The Morgan fingerprint density at radius 2 is 2.05 bits per heavy atom. The second-order valence-corrected chi connectivity index (χ2v) is 7.15. The van der Waals surface area contributed by atoms with Crippen molar-refractivity contribution in [3.05, 3.63) is 18.0 Å². The first-order chi connectivity index (χ1) is 9.79. The number of nitrogens with two attached hydrogens (primary N) is 1. The molecule has 7 heteroatoms. The van der Waals surface area contributed by atoms with Crippen LogP contribution in [0.5, 0.6) is 0 Å². The van der Waals surface area contributed by atoms with Gasteiger partial charge in [-0.25, -0.2) is 13.6 Å². The Bertz CT molecular complexity index is 636. The lowest BCUT2D eigenvalue weighted by Crippen LogP contribution is -2.40. The molecule has 0 radical (unpaired) electrons. The zero-order valence-electron chi connectivity index (χ0n) is 12.7. The minimum atomic E-state index is -3.80. The Morgan fingerprint density at radius 1 is 1.38 bits per heavy atom. The number of carbonyl (C=O) groups is 1. The van der Waals surface area contributed by atoms with Gasteiger partial charge in [0.1, 0.15) is 10.6 Å². The summed E-state index contributed by atoms with van der Waals surface area (Å²) in [6.07, 6.45) is 4.33. The van der Waals surface area contributed by atoms with Crippen LogP contribution in [0.3, 0.4) is 0 Å². The number of hydrogen-bond donors (Lipinski definition) is 1. The van der Waals surface area contributed by atoms with Gasteiger partial charge in [0.05, 0.1) is 0 Å². The summed E-state index contributed by atoms with van der Waals surface area (Å²) in [6, 6.07) is 1.80. The molecule has 0 bridgehead atoms. The predicted octanol–water partition coefficient (Wildman–Crippen LogP) is 1.56. The van der Waals surface area contributed by atoms with Crippen molar-refractivity contribution < 1.29 is 13.2 Å². The summed E-state index contributed by atoms with van der Waals surface area (Å²) in [6.45, 7) is 6.50. The van der Waals surface area contributed by atoms with Crippen molar-refractivity contribution in [3.63, 3.8) is 0 Å². The lowest BCUT2D eigenvalue weighted by atomic mass is 10.1. The molecule has 2 unspecified atom stereocenters. The zero-order valence-corrected chi connectivity index (χ0v) is 13.6. The van der Waals surface area contributed by atoms with Crippen LogP contribution in [0, 0.1) is 0 Å². The van der Waals surface area contributed by atoms with Crippen LogP contribution < -0.4 is 5.14 Å². The van der Waals surface area contributed by atoms with Crippen LogP contribution in [0.15, 0.2) is 17.2 Å². The van der Waals surface area contributed by atoms with Crippen molar-refractivity contribution in [1.82, 2.24) is 9.47 Å². The van der Waals surface area contributed by atoms with E-state index in [-0.39, 0.29) is 22.9 Å². The Labute approximate surface area is 126 Å². The summed E-state index contributed by atoms with van der Waals surface area (Å²) in [5.41, 5.74) is 0.397. The minimum Gasteiger partial charge on any atom is -0.342 e. The van der Waals surface area contributed by atoms with Gasteiger partial charge in [-0.2, -0.15) is 0 Å². The Balaban J connectivity index is 2.41. The molecule has 2 N–H and O–H groups in total. The number of likely N-dealkylation sites (tertiary alicyclic amines) is 1. The monoisotopic (exact) mass is 313 g/mol. The highest BCUT2D eigenvalue weighted by Gasteiger charge is 2.35. The number of aromatic nitrogens is 1. The van der Waals surface area contributed by atoms with Gasteiger partial charge in [-0.3, -0.25) is 4.79 Å². The summed E-state index contributed by atoms with van der Waals surface area (Å²) in [4.78, 5) is 14.7. The van der Waals surface area contributed by atoms with Crippen LogP contribution in [0.25, 0.3) is 0 Å². The van der Waals surface area contributed by atoms with Gasteiger partial charge < -0.3 is 9.47 Å². The molecule has 21 heavy (non-hydrogen) atoms. The number of primary sulfonamides is 1. The first-order valence-electron chi connectivity index (χ1n) is 7.35. The Hall–Kier alpha value is -1.34. The number of carbonyl (C=O) groups excluding carboxylic acids is 1. The lowest BCUT2D eigenvalue weighted by molar-refractivity contribution is 0.0665. The third-order valence-electron chi connectivity index (χ3n) is 4.25. The van der Waals surface area contributed by atoms with Gasteiger partial charge in [0.25, 0.3) is 5.91 Å². The normalized spacial score (nSPS) is 22.8. The molecule has 0 saturated carbocycles. The molecule has 0 aromatic carbocycles. The number of rotatable bonds is 4. The van der Waals surface area contributed by atoms with Gasteiger partial charge >= 0.3 is 0 Å². The molecule has 2 heterocycles. The van der Waals surface area contributed by atoms with E-state index in [2.05, 4.69) is 6.92 Å². The average molecular weight is 313 g/mol. The van der Waals surface area contributed by atoms with E-state index < -0.39 is 10.0 Å². The molecule has 1 aliphatic rings. The maximum Gasteiger partial charge on any atom is 0.271 e. The number of aryl methyl sites for hydroxylation is 1. The van der Waals surface area contributed by atoms with Crippen LogP contribution in [-0.4, -0.2) is 35.9 Å². The molecule has 6 nitrogen and oxygen atoms in total. The van der Waals surface area contributed by atoms with Crippen LogP contribution >= 0.6 is 0 Å². The van der Waals surface area contributed by atoms with Crippen molar-refractivity contribution in [2.75, 3.05) is 0 Å². The van der Waals surface area contributed by atoms with Crippen molar-refractivity contribution >= 4 is 15.9 Å². The van der Waals surface area contributed by atoms with Crippen LogP contribution in [0.4, 0.5) is 0 Å². The number of amides is 1. The molecule has 0 aliphatic carbocycles. The molecule has 0 spiro atoms. The fourth-order valence-electron chi connectivity index (χ4n) is 3.05. The SMILES string of the molecule is CCC1CCC(C)N1C(=O)c1cc(S(N)(=O)=O)cn1CC. The number of nitrogens with zero attached hydrogens (tertiary/aromatic N) is 2. The number of sulfonamides is 1. The molecule has 1 aliphatic heterocycles. The maximum atomic E-state index is 12.8. The molecule has 1 saturated heterocycles. The quantitative estimate of drug-likeness (QED) is 0.915. The average Bonchev–Trinajstić information content (AvgIpc) is 3.00. The molecule has 2 atom stereocenters. The summed E-state index contributed by atoms with van der Waals surface area (Å²) in [5, 5.41) is 5.16. The predicted molar refractivity (Wildman–Crippen MR) is 80.4 cm³/mol. The van der Waals surface area contributed by atoms with Gasteiger partial charge in [-0.15, -0.1) is 0 Å². The Kier molecular flexibility index (Phi) is 4.43. The first kappa shape index (κ1) is 16.0. The highest BCUT2D eigenvalue weighted by molar-refractivity contribution is 7.89. The number of hydrogen-bond acceptors (Lipinski definition) is 3. The summed E-state index contributed by atoms with van der Waals surface area (Å²) >= 11 is 0. The second kappa shape index (κ2) is 5.81. The minimum absolute atomic E-state index is 0.00685. The highest BCUT2D eigenvalue weighted by atomic mass is 32.2. The molecule has 1 fully saturated rings. The zero-order chi connectivity index (χ0) is 15.8. The Morgan fingerprint density at radius 3 is 2.57 bits per heavy atom. The third-order valence-corrected chi connectivity index (χ3v) is 5.13.